The second-order valence-corrected chi connectivity index (χ2v) is 2.02. The maximum atomic E-state index is 5.21. The first kappa shape index (κ1) is 6.74. The first-order chi connectivity index (χ1) is 3.41. The molecule has 0 aromatic rings. The van der Waals surface area contributed by atoms with Gasteiger partial charge in [-0.15, -0.1) is 0 Å². The average molecular weight is 110 g/mol. The summed E-state index contributed by atoms with van der Waals surface area (Å²) in [5.41, 5.74) is 2.02. The number of allylic oxidation sites excluding steroid dienone is 1. The molecular formula is C6H10Si. The van der Waals surface area contributed by atoms with E-state index in [1.807, 2.05) is 5.70 Å². The summed E-state index contributed by atoms with van der Waals surface area (Å²) in [5, 5.41) is 0. The molecule has 0 bridgehead atoms. The highest BCUT2D eigenvalue weighted by atomic mass is 28.2. The highest BCUT2D eigenvalue weighted by molar-refractivity contribution is 6.28. The van der Waals surface area contributed by atoms with E-state index in [1.54, 1.807) is 0 Å². The van der Waals surface area contributed by atoms with Crippen LogP contribution in [0, 0.1) is 6.00 Å². The molecule has 0 heterocycles. The minimum absolute atomic E-state index is 0.487. The normalized spacial score (nSPS) is 9.14. The fourth-order valence-electron chi connectivity index (χ4n) is 0.318. The summed E-state index contributed by atoms with van der Waals surface area (Å²) >= 11 is 0. The Hall–Kier alpha value is -0.263. The van der Waals surface area contributed by atoms with Gasteiger partial charge in [-0.3, -0.25) is 0 Å². The van der Waals surface area contributed by atoms with Gasteiger partial charge in [-0.05, 0) is 12.1 Å². The summed E-state index contributed by atoms with van der Waals surface area (Å²) in [7, 11) is 0.487. The van der Waals surface area contributed by atoms with E-state index >= 15 is 0 Å². The van der Waals surface area contributed by atoms with E-state index in [1.165, 1.54) is 12.8 Å². The molecule has 0 saturated carbocycles. The SMILES string of the molecule is C#[Si]/C=C/CCC. The van der Waals surface area contributed by atoms with Crippen LogP contribution in [0.4, 0.5) is 0 Å². The first-order valence-corrected chi connectivity index (χ1v) is 3.68. The topological polar surface area (TPSA) is 0 Å². The molecule has 0 N–H and O–H groups in total. The maximum absolute atomic E-state index is 5.21. The highest BCUT2D eigenvalue weighted by Gasteiger charge is 1.66. The largest absolute Gasteiger partial charge is 0.154 e. The van der Waals surface area contributed by atoms with Crippen LogP contribution in [0.3, 0.4) is 0 Å². The first-order valence-electron chi connectivity index (χ1n) is 2.53. The van der Waals surface area contributed by atoms with Crippen molar-refractivity contribution in [1.29, 1.82) is 0 Å². The summed E-state index contributed by atoms with van der Waals surface area (Å²) in [6.07, 6.45) is 4.52. The monoisotopic (exact) mass is 110 g/mol. The molecule has 0 aromatic carbocycles. The predicted molar refractivity (Wildman–Crippen MR) is 34.7 cm³/mol. The molecule has 38 valence electrons. The number of hydrogen-bond acceptors (Lipinski definition) is 0. The molecule has 0 atom stereocenters. The Morgan fingerprint density at radius 1 is 1.71 bits per heavy atom. The lowest BCUT2D eigenvalue weighted by Crippen LogP contribution is -1.60. The standard InChI is InChI=1S/C6H10Si/c1-3-4-5-6-7-2/h2,5-6H,3-4H2,1H3/b6-5+. The molecule has 0 rings (SSSR count). The zero-order valence-corrected chi connectivity index (χ0v) is 5.65. The molecule has 0 saturated heterocycles. The van der Waals surface area contributed by atoms with Gasteiger partial charge in [-0.25, -0.2) is 0 Å². The summed E-state index contributed by atoms with van der Waals surface area (Å²) in [4.78, 5) is 0. The molecule has 0 spiro atoms. The Bertz CT molecular complexity index is 86.8. The molecule has 0 unspecified atom stereocenters. The van der Waals surface area contributed by atoms with Gasteiger partial charge in [0.25, 0.3) is 0 Å². The van der Waals surface area contributed by atoms with Gasteiger partial charge in [0.15, 0.2) is 0 Å². The van der Waals surface area contributed by atoms with Crippen LogP contribution in [0.25, 0.3) is 0 Å². The highest BCUT2D eigenvalue weighted by Crippen LogP contribution is 1.84. The van der Waals surface area contributed by atoms with Crippen LogP contribution in [0.2, 0.25) is 0 Å². The van der Waals surface area contributed by atoms with Crippen molar-refractivity contribution in [2.45, 2.75) is 19.8 Å². The summed E-state index contributed by atoms with van der Waals surface area (Å²) < 4.78 is 0. The quantitative estimate of drug-likeness (QED) is 0.474. The minimum Gasteiger partial charge on any atom is -0.154 e. The van der Waals surface area contributed by atoms with Gasteiger partial charge in [-0.2, -0.15) is 6.00 Å². The van der Waals surface area contributed by atoms with E-state index in [9.17, 15) is 0 Å². The van der Waals surface area contributed by atoms with E-state index in [2.05, 4.69) is 13.0 Å². The molecule has 7 heavy (non-hydrogen) atoms. The van der Waals surface area contributed by atoms with E-state index < -0.39 is 0 Å². The van der Waals surface area contributed by atoms with Gasteiger partial charge in [-0.1, -0.05) is 19.4 Å². The van der Waals surface area contributed by atoms with E-state index in [-0.39, 0.29) is 0 Å². The Labute approximate surface area is 47.3 Å². The smallest absolute Gasteiger partial charge is 0.0109 e. The lowest BCUT2D eigenvalue weighted by molar-refractivity contribution is 0.960. The van der Waals surface area contributed by atoms with Gasteiger partial charge in [0.1, 0.15) is 0 Å². The molecule has 0 amide bonds. The Balaban J connectivity index is 2.97. The third kappa shape index (κ3) is 5.74. The van der Waals surface area contributed by atoms with E-state index in [4.69, 9.17) is 6.00 Å². The third-order valence-electron chi connectivity index (χ3n) is 0.669. The van der Waals surface area contributed by atoms with Gasteiger partial charge in [0.05, 0.1) is 0 Å². The third-order valence-corrected chi connectivity index (χ3v) is 1.10. The minimum atomic E-state index is 0.487. The van der Waals surface area contributed by atoms with Crippen molar-refractivity contribution >= 4 is 8.96 Å². The molecule has 1 heteroatoms. The van der Waals surface area contributed by atoms with Crippen LogP contribution in [-0.4, -0.2) is 8.96 Å². The van der Waals surface area contributed by atoms with Crippen LogP contribution >= 0.6 is 0 Å². The molecule has 0 aliphatic rings. The molecule has 0 radical (unpaired) electrons. The van der Waals surface area contributed by atoms with Crippen molar-refractivity contribution in [2.75, 3.05) is 0 Å². The number of rotatable bonds is 2. The summed E-state index contributed by atoms with van der Waals surface area (Å²) in [6, 6.07) is 5.21. The van der Waals surface area contributed by atoms with Crippen LogP contribution < -0.4 is 0 Å². The number of hydrogen-bond donors (Lipinski definition) is 0. The lowest BCUT2D eigenvalue weighted by Gasteiger charge is -1.76. The Morgan fingerprint density at radius 3 is 2.86 bits per heavy atom. The zero-order valence-electron chi connectivity index (χ0n) is 4.65. The van der Waals surface area contributed by atoms with Crippen molar-refractivity contribution < 1.29 is 0 Å². The Kier molecular flexibility index (Phi) is 5.52. The van der Waals surface area contributed by atoms with Crippen molar-refractivity contribution in [3.05, 3.63) is 11.8 Å². The van der Waals surface area contributed by atoms with Crippen molar-refractivity contribution in [3.63, 3.8) is 0 Å². The fourth-order valence-corrected chi connectivity index (χ4v) is 0.621. The van der Waals surface area contributed by atoms with E-state index in [0.717, 1.165) is 0 Å². The fraction of sp³-hybridized carbons (Fsp3) is 0.500. The van der Waals surface area contributed by atoms with Gasteiger partial charge in [0.2, 0.25) is 0 Å². The van der Waals surface area contributed by atoms with Crippen molar-refractivity contribution in [1.82, 2.24) is 0 Å². The lowest BCUT2D eigenvalue weighted by atomic mass is 10.3. The molecule has 0 aliphatic heterocycles. The Morgan fingerprint density at radius 2 is 2.43 bits per heavy atom. The molecular weight excluding hydrogens is 100 g/mol. The van der Waals surface area contributed by atoms with Crippen LogP contribution in [0.5, 0.6) is 0 Å². The van der Waals surface area contributed by atoms with Crippen molar-refractivity contribution in [2.24, 2.45) is 0 Å². The zero-order chi connectivity index (χ0) is 5.54. The second-order valence-electron chi connectivity index (χ2n) is 1.36. The van der Waals surface area contributed by atoms with E-state index in [0.29, 0.717) is 8.96 Å². The van der Waals surface area contributed by atoms with Crippen LogP contribution in [0.15, 0.2) is 11.8 Å². The average Bonchev–Trinajstić information content (AvgIpc) is 1.69. The predicted octanol–water partition coefficient (Wildman–Crippen LogP) is 1.59. The second kappa shape index (κ2) is 5.74. The maximum Gasteiger partial charge on any atom is 0.0109 e. The molecule has 0 aliphatic carbocycles. The molecule has 0 fully saturated rings. The molecule has 0 aromatic heterocycles. The van der Waals surface area contributed by atoms with Gasteiger partial charge < -0.3 is 0 Å². The number of unbranched alkanes of at least 4 members (excludes halogenated alkanes) is 1. The van der Waals surface area contributed by atoms with Crippen LogP contribution in [-0.2, 0) is 0 Å². The molecule has 0 nitrogen and oxygen atoms in total. The van der Waals surface area contributed by atoms with Gasteiger partial charge in [0, 0.05) is 8.96 Å². The van der Waals surface area contributed by atoms with Crippen LogP contribution in [0.1, 0.15) is 19.8 Å². The summed E-state index contributed by atoms with van der Waals surface area (Å²) in [6.45, 7) is 2.16. The summed E-state index contributed by atoms with van der Waals surface area (Å²) in [5.74, 6) is 0. The van der Waals surface area contributed by atoms with Crippen molar-refractivity contribution in [3.8, 4) is 6.00 Å². The van der Waals surface area contributed by atoms with Gasteiger partial charge >= 0.3 is 0 Å².